The lowest BCUT2D eigenvalue weighted by Gasteiger charge is -2.30. The van der Waals surface area contributed by atoms with Crippen LogP contribution < -0.4 is 5.32 Å². The lowest BCUT2D eigenvalue weighted by atomic mass is 9.86. The van der Waals surface area contributed by atoms with Crippen molar-refractivity contribution in [2.24, 2.45) is 5.92 Å². The molecule has 0 aliphatic heterocycles. The first-order valence-corrected chi connectivity index (χ1v) is 8.73. The summed E-state index contributed by atoms with van der Waals surface area (Å²) in [6.07, 6.45) is 6.49. The first-order chi connectivity index (χ1) is 11.7. The SMILES string of the molecule is C[C@@H]1CCCC[C@@H]1Nc1ncnc2onc(-c3ccc(Cl)cc3)c12. The van der Waals surface area contributed by atoms with E-state index in [1.54, 1.807) is 0 Å². The fraction of sp³-hybridized carbons (Fsp3) is 0.389. The van der Waals surface area contributed by atoms with Gasteiger partial charge in [-0.15, -0.1) is 0 Å². The van der Waals surface area contributed by atoms with E-state index in [2.05, 4.69) is 27.4 Å². The molecule has 3 aromatic rings. The Kier molecular flexibility index (Phi) is 4.10. The van der Waals surface area contributed by atoms with E-state index in [-0.39, 0.29) is 0 Å². The topological polar surface area (TPSA) is 63.8 Å². The lowest BCUT2D eigenvalue weighted by molar-refractivity contribution is 0.349. The zero-order chi connectivity index (χ0) is 16.5. The highest BCUT2D eigenvalue weighted by atomic mass is 35.5. The molecule has 1 aliphatic carbocycles. The van der Waals surface area contributed by atoms with Crippen molar-refractivity contribution < 1.29 is 4.52 Å². The van der Waals surface area contributed by atoms with E-state index in [0.29, 0.717) is 22.7 Å². The number of nitrogens with zero attached hydrogens (tertiary/aromatic N) is 3. The minimum atomic E-state index is 0.421. The molecule has 124 valence electrons. The molecule has 5 nitrogen and oxygen atoms in total. The Labute approximate surface area is 145 Å². The Morgan fingerprint density at radius 3 is 2.71 bits per heavy atom. The zero-order valence-corrected chi connectivity index (χ0v) is 14.3. The van der Waals surface area contributed by atoms with E-state index in [0.717, 1.165) is 28.9 Å². The Morgan fingerprint density at radius 1 is 1.12 bits per heavy atom. The molecule has 0 saturated heterocycles. The number of hydrogen-bond donors (Lipinski definition) is 1. The van der Waals surface area contributed by atoms with Gasteiger partial charge in [-0.05, 0) is 30.9 Å². The van der Waals surface area contributed by atoms with Crippen molar-refractivity contribution in [1.29, 1.82) is 0 Å². The maximum absolute atomic E-state index is 5.99. The summed E-state index contributed by atoms with van der Waals surface area (Å²) in [6.45, 7) is 2.29. The quantitative estimate of drug-likeness (QED) is 0.731. The van der Waals surface area contributed by atoms with Gasteiger partial charge in [0.1, 0.15) is 23.2 Å². The standard InChI is InChI=1S/C18H19ClN4O/c1-11-4-2-3-5-14(11)22-17-15-16(12-6-8-13(19)9-7-12)23-24-18(15)21-10-20-17/h6-11,14H,2-5H2,1H3,(H,20,21,22)/t11-,14+/m1/s1. The Balaban J connectivity index is 1.75. The third-order valence-electron chi connectivity index (χ3n) is 4.82. The average molecular weight is 343 g/mol. The largest absolute Gasteiger partial charge is 0.366 e. The van der Waals surface area contributed by atoms with Crippen LogP contribution in [-0.4, -0.2) is 21.2 Å². The Bertz CT molecular complexity index is 846. The number of halogens is 1. The van der Waals surface area contributed by atoms with Crippen LogP contribution >= 0.6 is 11.6 Å². The summed E-state index contributed by atoms with van der Waals surface area (Å²) in [5.74, 6) is 1.42. The number of rotatable bonds is 3. The van der Waals surface area contributed by atoms with Crippen LogP contribution in [-0.2, 0) is 0 Å². The van der Waals surface area contributed by atoms with Crippen molar-refractivity contribution in [1.82, 2.24) is 15.1 Å². The molecule has 2 aromatic heterocycles. The Hall–Kier alpha value is -2.14. The van der Waals surface area contributed by atoms with Gasteiger partial charge in [-0.1, -0.05) is 48.7 Å². The summed E-state index contributed by atoms with van der Waals surface area (Å²) < 4.78 is 5.42. The predicted molar refractivity (Wildman–Crippen MR) is 95.1 cm³/mol. The van der Waals surface area contributed by atoms with Crippen LogP contribution in [0.1, 0.15) is 32.6 Å². The third kappa shape index (κ3) is 2.84. The second kappa shape index (κ2) is 6.40. The van der Waals surface area contributed by atoms with Gasteiger partial charge in [0, 0.05) is 16.6 Å². The van der Waals surface area contributed by atoms with Gasteiger partial charge in [-0.25, -0.2) is 4.98 Å². The molecule has 0 unspecified atom stereocenters. The zero-order valence-electron chi connectivity index (χ0n) is 13.5. The number of fused-ring (bicyclic) bond motifs is 1. The number of anilines is 1. The van der Waals surface area contributed by atoms with Crippen molar-refractivity contribution in [2.75, 3.05) is 5.32 Å². The molecule has 1 N–H and O–H groups in total. The molecule has 24 heavy (non-hydrogen) atoms. The van der Waals surface area contributed by atoms with Gasteiger partial charge in [0.05, 0.1) is 0 Å². The molecule has 6 heteroatoms. The minimum Gasteiger partial charge on any atom is -0.366 e. The average Bonchev–Trinajstić information content (AvgIpc) is 3.03. The van der Waals surface area contributed by atoms with Gasteiger partial charge in [-0.2, -0.15) is 4.98 Å². The maximum Gasteiger partial charge on any atom is 0.263 e. The molecular formula is C18H19ClN4O. The molecule has 1 aromatic carbocycles. The van der Waals surface area contributed by atoms with Crippen LogP contribution in [0.4, 0.5) is 5.82 Å². The summed E-state index contributed by atoms with van der Waals surface area (Å²) in [4.78, 5) is 8.67. The van der Waals surface area contributed by atoms with E-state index in [4.69, 9.17) is 16.1 Å². The van der Waals surface area contributed by atoms with Crippen molar-refractivity contribution in [3.05, 3.63) is 35.6 Å². The summed E-state index contributed by atoms with van der Waals surface area (Å²) >= 11 is 5.99. The predicted octanol–water partition coefficient (Wildman–Crippen LogP) is 4.93. The smallest absolute Gasteiger partial charge is 0.263 e. The first-order valence-electron chi connectivity index (χ1n) is 8.35. The number of aromatic nitrogens is 3. The van der Waals surface area contributed by atoms with Crippen LogP contribution in [0.3, 0.4) is 0 Å². The number of benzene rings is 1. The normalized spacial score (nSPS) is 21.1. The third-order valence-corrected chi connectivity index (χ3v) is 5.08. The van der Waals surface area contributed by atoms with Crippen LogP contribution in [0, 0.1) is 5.92 Å². The second-order valence-corrected chi connectivity index (χ2v) is 6.89. The molecule has 2 atom stereocenters. The number of nitrogens with one attached hydrogen (secondary N) is 1. The van der Waals surface area contributed by atoms with Crippen LogP contribution in [0.5, 0.6) is 0 Å². The molecule has 0 amide bonds. The number of hydrogen-bond acceptors (Lipinski definition) is 5. The van der Waals surface area contributed by atoms with Gasteiger partial charge in [-0.3, -0.25) is 0 Å². The van der Waals surface area contributed by atoms with Crippen molar-refractivity contribution in [3.63, 3.8) is 0 Å². The molecule has 1 aliphatic rings. The van der Waals surface area contributed by atoms with E-state index in [1.807, 2.05) is 24.3 Å². The van der Waals surface area contributed by atoms with Gasteiger partial charge in [0.2, 0.25) is 0 Å². The molecule has 0 bridgehead atoms. The Morgan fingerprint density at radius 2 is 1.92 bits per heavy atom. The maximum atomic E-state index is 5.99. The minimum absolute atomic E-state index is 0.421. The molecule has 4 rings (SSSR count). The van der Waals surface area contributed by atoms with Gasteiger partial charge in [0.25, 0.3) is 5.71 Å². The molecular weight excluding hydrogens is 324 g/mol. The van der Waals surface area contributed by atoms with Gasteiger partial charge in [0.15, 0.2) is 0 Å². The highest BCUT2D eigenvalue weighted by molar-refractivity contribution is 6.30. The molecule has 0 radical (unpaired) electrons. The van der Waals surface area contributed by atoms with Crippen molar-refractivity contribution in [3.8, 4) is 11.3 Å². The van der Waals surface area contributed by atoms with E-state index in [1.165, 1.54) is 25.6 Å². The van der Waals surface area contributed by atoms with Crippen molar-refractivity contribution >= 4 is 28.5 Å². The summed E-state index contributed by atoms with van der Waals surface area (Å²) in [5, 5.41) is 9.33. The van der Waals surface area contributed by atoms with E-state index in [9.17, 15) is 0 Å². The molecule has 2 heterocycles. The van der Waals surface area contributed by atoms with Gasteiger partial charge < -0.3 is 9.84 Å². The monoisotopic (exact) mass is 342 g/mol. The van der Waals surface area contributed by atoms with E-state index >= 15 is 0 Å². The fourth-order valence-corrected chi connectivity index (χ4v) is 3.53. The summed E-state index contributed by atoms with van der Waals surface area (Å²) in [6, 6.07) is 7.97. The summed E-state index contributed by atoms with van der Waals surface area (Å²) in [5.41, 5.74) is 2.18. The first kappa shape index (κ1) is 15.4. The van der Waals surface area contributed by atoms with E-state index < -0.39 is 0 Å². The van der Waals surface area contributed by atoms with Gasteiger partial charge >= 0.3 is 0 Å². The van der Waals surface area contributed by atoms with Crippen LogP contribution in [0.25, 0.3) is 22.4 Å². The van der Waals surface area contributed by atoms with Crippen molar-refractivity contribution in [2.45, 2.75) is 38.6 Å². The summed E-state index contributed by atoms with van der Waals surface area (Å²) in [7, 11) is 0. The molecule has 0 spiro atoms. The second-order valence-electron chi connectivity index (χ2n) is 6.45. The highest BCUT2D eigenvalue weighted by Gasteiger charge is 2.24. The highest BCUT2D eigenvalue weighted by Crippen LogP contribution is 2.34. The molecule has 1 fully saturated rings. The lowest BCUT2D eigenvalue weighted by Crippen LogP contribution is -2.30. The fourth-order valence-electron chi connectivity index (χ4n) is 3.41. The van der Waals surface area contributed by atoms with Crippen LogP contribution in [0.2, 0.25) is 5.02 Å². The van der Waals surface area contributed by atoms with Crippen LogP contribution in [0.15, 0.2) is 35.1 Å². The molecule has 1 saturated carbocycles.